The zero-order valence-electron chi connectivity index (χ0n) is 16.7. The highest BCUT2D eigenvalue weighted by Gasteiger charge is 2.14. The fourth-order valence-corrected chi connectivity index (χ4v) is 3.37. The van der Waals surface area contributed by atoms with Crippen molar-refractivity contribution in [1.29, 1.82) is 0 Å². The molecule has 0 unspecified atom stereocenters. The molecule has 3 aromatic carbocycles. The Balaban J connectivity index is 1.73. The number of aryl methyl sites for hydroxylation is 1. The summed E-state index contributed by atoms with van der Waals surface area (Å²) in [7, 11) is 1.35. The molecule has 0 atom stereocenters. The Kier molecular flexibility index (Phi) is 5.35. The number of hydrogen-bond donors (Lipinski definition) is 0. The fraction of sp³-hybridized carbons (Fsp3) is 0.120. The first kappa shape index (κ1) is 19.5. The second kappa shape index (κ2) is 8.25. The molecule has 0 saturated carbocycles. The van der Waals surface area contributed by atoms with Gasteiger partial charge < -0.3 is 13.9 Å². The minimum absolute atomic E-state index is 0.299. The molecule has 0 spiro atoms. The Morgan fingerprint density at radius 2 is 1.70 bits per heavy atom. The van der Waals surface area contributed by atoms with Gasteiger partial charge in [0.15, 0.2) is 0 Å². The van der Waals surface area contributed by atoms with Crippen LogP contribution >= 0.6 is 0 Å². The Labute approximate surface area is 173 Å². The largest absolute Gasteiger partial charge is 0.488 e. The summed E-state index contributed by atoms with van der Waals surface area (Å²) in [6.45, 7) is 2.22. The highest BCUT2D eigenvalue weighted by atomic mass is 16.5. The third-order valence-corrected chi connectivity index (χ3v) is 4.81. The molecule has 30 heavy (non-hydrogen) atoms. The second-order valence-corrected chi connectivity index (χ2v) is 6.96. The van der Waals surface area contributed by atoms with Gasteiger partial charge in [-0.2, -0.15) is 0 Å². The summed E-state index contributed by atoms with van der Waals surface area (Å²) in [4.78, 5) is 23.7. The van der Waals surface area contributed by atoms with Crippen molar-refractivity contribution in [1.82, 2.24) is 0 Å². The number of carbonyl (C=O) groups is 1. The molecule has 0 saturated heterocycles. The van der Waals surface area contributed by atoms with Crippen LogP contribution in [0.1, 0.15) is 21.5 Å². The van der Waals surface area contributed by atoms with Gasteiger partial charge in [-0.25, -0.2) is 9.59 Å². The van der Waals surface area contributed by atoms with Crippen molar-refractivity contribution in [2.75, 3.05) is 7.11 Å². The molecule has 0 bridgehead atoms. The summed E-state index contributed by atoms with van der Waals surface area (Å²) in [6.07, 6.45) is 0. The van der Waals surface area contributed by atoms with Gasteiger partial charge in [-0.3, -0.25) is 0 Å². The standard InChI is InChI=1S/C25H20O5/c1-16-12-21(29-15-17-8-10-19(11-9-17)25(27)28-2)24-20(18-6-4-3-5-7-18)14-23(26)30-22(24)13-16/h3-14H,15H2,1-2H3. The van der Waals surface area contributed by atoms with Gasteiger partial charge in [0.05, 0.1) is 18.1 Å². The summed E-state index contributed by atoms with van der Waals surface area (Å²) in [6, 6.07) is 22.0. The van der Waals surface area contributed by atoms with E-state index < -0.39 is 5.63 Å². The summed E-state index contributed by atoms with van der Waals surface area (Å²) >= 11 is 0. The summed E-state index contributed by atoms with van der Waals surface area (Å²) < 4.78 is 16.3. The van der Waals surface area contributed by atoms with Crippen molar-refractivity contribution in [2.24, 2.45) is 0 Å². The average molecular weight is 400 g/mol. The zero-order chi connectivity index (χ0) is 21.1. The molecule has 5 nitrogen and oxygen atoms in total. The van der Waals surface area contributed by atoms with Crippen LogP contribution in [-0.2, 0) is 11.3 Å². The van der Waals surface area contributed by atoms with Crippen LogP contribution in [0.15, 0.2) is 82.0 Å². The normalized spacial score (nSPS) is 10.7. The van der Waals surface area contributed by atoms with Crippen molar-refractivity contribution < 1.29 is 18.7 Å². The molecule has 0 radical (unpaired) electrons. The maximum atomic E-state index is 12.1. The molecule has 0 N–H and O–H groups in total. The van der Waals surface area contributed by atoms with Crippen LogP contribution in [-0.4, -0.2) is 13.1 Å². The van der Waals surface area contributed by atoms with Gasteiger partial charge in [-0.1, -0.05) is 42.5 Å². The maximum absolute atomic E-state index is 12.1. The number of carbonyl (C=O) groups excluding carboxylic acids is 1. The zero-order valence-corrected chi connectivity index (χ0v) is 16.7. The number of rotatable bonds is 5. The van der Waals surface area contributed by atoms with E-state index in [0.29, 0.717) is 23.5 Å². The maximum Gasteiger partial charge on any atom is 0.337 e. The van der Waals surface area contributed by atoms with Gasteiger partial charge in [0.1, 0.15) is 17.9 Å². The molecular weight excluding hydrogens is 380 g/mol. The molecule has 0 fully saturated rings. The number of hydrogen-bond acceptors (Lipinski definition) is 5. The Morgan fingerprint density at radius 3 is 2.40 bits per heavy atom. The average Bonchev–Trinajstić information content (AvgIpc) is 2.77. The van der Waals surface area contributed by atoms with E-state index in [1.54, 1.807) is 12.1 Å². The van der Waals surface area contributed by atoms with Crippen molar-refractivity contribution in [3.8, 4) is 16.9 Å². The van der Waals surface area contributed by atoms with Crippen LogP contribution in [0, 0.1) is 6.92 Å². The molecule has 0 aliphatic rings. The van der Waals surface area contributed by atoms with Gasteiger partial charge in [0.2, 0.25) is 0 Å². The number of esters is 1. The SMILES string of the molecule is COC(=O)c1ccc(COc2cc(C)cc3oc(=O)cc(-c4ccccc4)c23)cc1. The molecule has 4 rings (SSSR count). The summed E-state index contributed by atoms with van der Waals surface area (Å²) in [5, 5.41) is 0.748. The molecule has 4 aromatic rings. The third-order valence-electron chi connectivity index (χ3n) is 4.81. The van der Waals surface area contributed by atoms with Gasteiger partial charge >= 0.3 is 11.6 Å². The lowest BCUT2D eigenvalue weighted by atomic mass is 10.0. The summed E-state index contributed by atoms with van der Waals surface area (Å²) in [5.41, 5.74) is 4.05. The Morgan fingerprint density at radius 1 is 0.967 bits per heavy atom. The number of methoxy groups -OCH3 is 1. The predicted molar refractivity (Wildman–Crippen MR) is 115 cm³/mol. The van der Waals surface area contributed by atoms with Crippen molar-refractivity contribution in [2.45, 2.75) is 13.5 Å². The van der Waals surface area contributed by atoms with Crippen LogP contribution < -0.4 is 10.4 Å². The molecular formula is C25H20O5. The van der Waals surface area contributed by atoms with Gasteiger partial charge in [-0.15, -0.1) is 0 Å². The van der Waals surface area contributed by atoms with E-state index in [4.69, 9.17) is 13.9 Å². The smallest absolute Gasteiger partial charge is 0.337 e. The minimum atomic E-state index is -0.406. The second-order valence-electron chi connectivity index (χ2n) is 6.96. The highest BCUT2D eigenvalue weighted by Crippen LogP contribution is 2.35. The molecule has 0 amide bonds. The van der Waals surface area contributed by atoms with Crippen LogP contribution in [0.2, 0.25) is 0 Å². The van der Waals surface area contributed by atoms with Gasteiger partial charge in [0, 0.05) is 11.6 Å². The van der Waals surface area contributed by atoms with Gasteiger partial charge in [0.25, 0.3) is 0 Å². The molecule has 150 valence electrons. The molecule has 1 heterocycles. The third kappa shape index (κ3) is 3.96. The number of fused-ring (bicyclic) bond motifs is 1. The first-order chi connectivity index (χ1) is 14.5. The van der Waals surface area contributed by atoms with E-state index in [1.165, 1.54) is 13.2 Å². The molecule has 5 heteroatoms. The lowest BCUT2D eigenvalue weighted by molar-refractivity contribution is 0.0600. The van der Waals surface area contributed by atoms with Crippen molar-refractivity contribution in [3.05, 3.63) is 99.9 Å². The quantitative estimate of drug-likeness (QED) is 0.343. The predicted octanol–water partition coefficient (Wildman–Crippen LogP) is 5.13. The molecule has 0 aliphatic heterocycles. The van der Waals surface area contributed by atoms with Crippen LogP contribution in [0.5, 0.6) is 5.75 Å². The van der Waals surface area contributed by atoms with E-state index in [1.807, 2.05) is 61.5 Å². The van der Waals surface area contributed by atoms with E-state index in [9.17, 15) is 9.59 Å². The van der Waals surface area contributed by atoms with E-state index in [0.717, 1.165) is 27.6 Å². The van der Waals surface area contributed by atoms with E-state index in [2.05, 4.69) is 0 Å². The Bertz CT molecular complexity index is 1250. The number of benzene rings is 3. The minimum Gasteiger partial charge on any atom is -0.488 e. The molecule has 0 aliphatic carbocycles. The van der Waals surface area contributed by atoms with Gasteiger partial charge in [-0.05, 0) is 47.9 Å². The van der Waals surface area contributed by atoms with Crippen molar-refractivity contribution >= 4 is 16.9 Å². The Hall–Kier alpha value is -3.86. The first-order valence-corrected chi connectivity index (χ1v) is 9.49. The highest BCUT2D eigenvalue weighted by molar-refractivity contribution is 5.98. The monoisotopic (exact) mass is 400 g/mol. The van der Waals surface area contributed by atoms with Crippen LogP contribution in [0.3, 0.4) is 0 Å². The lowest BCUT2D eigenvalue weighted by Crippen LogP contribution is -2.03. The molecule has 1 aromatic heterocycles. The van der Waals surface area contributed by atoms with Crippen LogP contribution in [0.25, 0.3) is 22.1 Å². The fourth-order valence-electron chi connectivity index (χ4n) is 3.37. The van der Waals surface area contributed by atoms with E-state index >= 15 is 0 Å². The van der Waals surface area contributed by atoms with E-state index in [-0.39, 0.29) is 5.97 Å². The summed E-state index contributed by atoms with van der Waals surface area (Å²) in [5.74, 6) is 0.249. The van der Waals surface area contributed by atoms with Crippen molar-refractivity contribution in [3.63, 3.8) is 0 Å². The topological polar surface area (TPSA) is 65.7 Å². The lowest BCUT2D eigenvalue weighted by Gasteiger charge is -2.13. The van der Waals surface area contributed by atoms with Crippen LogP contribution in [0.4, 0.5) is 0 Å². The number of ether oxygens (including phenoxy) is 2. The first-order valence-electron chi connectivity index (χ1n) is 9.49.